The molecule has 0 saturated heterocycles. The Bertz CT molecular complexity index is 341. The quantitative estimate of drug-likeness (QED) is 0.860. The Morgan fingerprint density at radius 2 is 2.00 bits per heavy atom. The molecule has 0 aliphatic heterocycles. The molecule has 1 rings (SSSR count). The molecule has 0 radical (unpaired) electrons. The first kappa shape index (κ1) is 11.5. The van der Waals surface area contributed by atoms with Crippen molar-refractivity contribution in [1.82, 2.24) is 0 Å². The van der Waals surface area contributed by atoms with Gasteiger partial charge in [-0.05, 0) is 18.1 Å². The van der Waals surface area contributed by atoms with E-state index in [1.165, 1.54) is 6.07 Å². The van der Waals surface area contributed by atoms with E-state index in [0.717, 1.165) is 0 Å². The Morgan fingerprint density at radius 1 is 1.43 bits per heavy atom. The second-order valence-electron chi connectivity index (χ2n) is 3.60. The third-order valence-electron chi connectivity index (χ3n) is 2.14. The third kappa shape index (κ3) is 2.25. The van der Waals surface area contributed by atoms with Gasteiger partial charge in [-0.2, -0.15) is 0 Å². The summed E-state index contributed by atoms with van der Waals surface area (Å²) in [6, 6.07) is 2.50. The molecule has 0 aliphatic carbocycles. The first-order valence-electron chi connectivity index (χ1n) is 4.37. The molecule has 0 bridgehead atoms. The zero-order valence-corrected chi connectivity index (χ0v) is 9.68. The zero-order chi connectivity index (χ0) is 10.9. The third-order valence-corrected chi connectivity index (χ3v) is 2.59. The maximum Gasteiger partial charge on any atom is 0.166 e. The molecule has 78 valence electrons. The van der Waals surface area contributed by atoms with Gasteiger partial charge >= 0.3 is 0 Å². The van der Waals surface area contributed by atoms with Gasteiger partial charge in [0.05, 0.1) is 0 Å². The van der Waals surface area contributed by atoms with Crippen molar-refractivity contribution >= 4 is 15.9 Å². The molecule has 3 N–H and O–H groups in total. The van der Waals surface area contributed by atoms with Crippen molar-refractivity contribution in [3.8, 4) is 5.75 Å². The number of aromatic hydroxyl groups is 1. The van der Waals surface area contributed by atoms with Crippen molar-refractivity contribution < 1.29 is 9.50 Å². The van der Waals surface area contributed by atoms with Crippen LogP contribution < -0.4 is 5.73 Å². The number of nitrogens with two attached hydrogens (primary N) is 1. The molecule has 0 aromatic heterocycles. The first-order chi connectivity index (χ1) is 6.43. The van der Waals surface area contributed by atoms with Gasteiger partial charge in [-0.15, -0.1) is 0 Å². The van der Waals surface area contributed by atoms with Gasteiger partial charge in [-0.1, -0.05) is 29.8 Å². The van der Waals surface area contributed by atoms with E-state index in [4.69, 9.17) is 5.73 Å². The topological polar surface area (TPSA) is 46.2 Å². The molecule has 1 atom stereocenters. The molecule has 0 amide bonds. The molecule has 1 aromatic rings. The van der Waals surface area contributed by atoms with Crippen LogP contribution in [-0.2, 0) is 0 Å². The molecular weight excluding hydrogens is 249 g/mol. The second-order valence-corrected chi connectivity index (χ2v) is 4.51. The van der Waals surface area contributed by atoms with Crippen LogP contribution >= 0.6 is 15.9 Å². The van der Waals surface area contributed by atoms with E-state index in [0.29, 0.717) is 10.0 Å². The van der Waals surface area contributed by atoms with Crippen LogP contribution in [0.3, 0.4) is 0 Å². The summed E-state index contributed by atoms with van der Waals surface area (Å²) in [6.45, 7) is 3.84. The fourth-order valence-electron chi connectivity index (χ4n) is 1.20. The van der Waals surface area contributed by atoms with Crippen LogP contribution in [0.15, 0.2) is 16.6 Å². The Kier molecular flexibility index (Phi) is 3.50. The van der Waals surface area contributed by atoms with Gasteiger partial charge in [0.15, 0.2) is 11.6 Å². The molecule has 0 saturated carbocycles. The minimum absolute atomic E-state index is 0.148. The number of hydrogen-bond acceptors (Lipinski definition) is 2. The van der Waals surface area contributed by atoms with Crippen molar-refractivity contribution in [2.45, 2.75) is 19.9 Å². The molecule has 2 nitrogen and oxygen atoms in total. The zero-order valence-electron chi connectivity index (χ0n) is 8.09. The lowest BCUT2D eigenvalue weighted by atomic mass is 9.96. The summed E-state index contributed by atoms with van der Waals surface area (Å²) in [7, 11) is 0. The molecule has 0 fully saturated rings. The van der Waals surface area contributed by atoms with Gasteiger partial charge in [0.2, 0.25) is 0 Å². The summed E-state index contributed by atoms with van der Waals surface area (Å²) >= 11 is 3.16. The van der Waals surface area contributed by atoms with Crippen LogP contribution in [-0.4, -0.2) is 5.11 Å². The maximum atomic E-state index is 13.1. The first-order valence-corrected chi connectivity index (χ1v) is 5.16. The summed E-state index contributed by atoms with van der Waals surface area (Å²) in [5, 5.41) is 9.47. The molecule has 0 heterocycles. The highest BCUT2D eigenvalue weighted by Gasteiger charge is 2.17. The summed E-state index contributed by atoms with van der Waals surface area (Å²) in [5.41, 5.74) is 6.27. The average Bonchev–Trinajstić information content (AvgIpc) is 2.09. The highest BCUT2D eigenvalue weighted by Crippen LogP contribution is 2.32. The largest absolute Gasteiger partial charge is 0.505 e. The fourth-order valence-corrected chi connectivity index (χ4v) is 1.65. The van der Waals surface area contributed by atoms with Gasteiger partial charge in [-0.3, -0.25) is 0 Å². The maximum absolute atomic E-state index is 13.1. The van der Waals surface area contributed by atoms with Crippen molar-refractivity contribution in [3.05, 3.63) is 28.0 Å². The molecule has 0 aliphatic rings. The Morgan fingerprint density at radius 3 is 2.50 bits per heavy atom. The van der Waals surface area contributed by atoms with Crippen molar-refractivity contribution in [3.63, 3.8) is 0 Å². The Balaban J connectivity index is 3.20. The predicted molar refractivity (Wildman–Crippen MR) is 57.5 cm³/mol. The molecule has 1 aromatic carbocycles. The number of phenols is 1. The summed E-state index contributed by atoms with van der Waals surface area (Å²) in [4.78, 5) is 0. The molecule has 14 heavy (non-hydrogen) atoms. The van der Waals surface area contributed by atoms with Gasteiger partial charge in [0.1, 0.15) is 0 Å². The molecule has 0 spiro atoms. The summed E-state index contributed by atoms with van der Waals surface area (Å²) < 4.78 is 13.7. The Hall–Kier alpha value is -0.610. The second kappa shape index (κ2) is 4.28. The normalized spacial score (nSPS) is 13.3. The highest BCUT2D eigenvalue weighted by atomic mass is 79.9. The highest BCUT2D eigenvalue weighted by molar-refractivity contribution is 9.10. The fraction of sp³-hybridized carbons (Fsp3) is 0.400. The van der Waals surface area contributed by atoms with E-state index in [1.807, 2.05) is 13.8 Å². The van der Waals surface area contributed by atoms with Crippen LogP contribution in [0.5, 0.6) is 5.75 Å². The van der Waals surface area contributed by atoms with Crippen LogP contribution in [0, 0.1) is 11.7 Å². The number of phenolic OH excluding ortho intramolecular Hbond substituents is 1. The van der Waals surface area contributed by atoms with Crippen LogP contribution in [0.2, 0.25) is 0 Å². The molecular formula is C10H13BrFNO. The minimum Gasteiger partial charge on any atom is -0.505 e. The van der Waals surface area contributed by atoms with Crippen molar-refractivity contribution in [1.29, 1.82) is 0 Å². The smallest absolute Gasteiger partial charge is 0.166 e. The monoisotopic (exact) mass is 261 g/mol. The number of benzene rings is 1. The van der Waals surface area contributed by atoms with E-state index in [2.05, 4.69) is 15.9 Å². The lowest BCUT2D eigenvalue weighted by molar-refractivity contribution is 0.407. The summed E-state index contributed by atoms with van der Waals surface area (Å²) in [6.07, 6.45) is 0. The van der Waals surface area contributed by atoms with Crippen LogP contribution in [0.4, 0.5) is 4.39 Å². The number of rotatable bonds is 2. The summed E-state index contributed by atoms with van der Waals surface area (Å²) in [5.74, 6) is -0.852. The van der Waals surface area contributed by atoms with Crippen molar-refractivity contribution in [2.75, 3.05) is 0 Å². The molecule has 0 unspecified atom stereocenters. The van der Waals surface area contributed by atoms with Crippen molar-refractivity contribution in [2.24, 2.45) is 11.7 Å². The van der Waals surface area contributed by atoms with Gasteiger partial charge in [-0.25, -0.2) is 4.39 Å². The average molecular weight is 262 g/mol. The standard InChI is InChI=1S/C10H13BrFNO/c1-5(2)9(13)7-3-6(11)4-8(12)10(7)14/h3-5,9,14H,13H2,1-2H3/t9-/m0/s1. The molecule has 4 heteroatoms. The van der Waals surface area contributed by atoms with Crippen LogP contribution in [0.1, 0.15) is 25.5 Å². The SMILES string of the molecule is CC(C)[C@H](N)c1cc(Br)cc(F)c1O. The van der Waals surface area contributed by atoms with E-state index in [1.54, 1.807) is 6.07 Å². The van der Waals surface area contributed by atoms with E-state index in [9.17, 15) is 9.50 Å². The minimum atomic E-state index is -0.648. The van der Waals surface area contributed by atoms with E-state index in [-0.39, 0.29) is 17.7 Å². The lowest BCUT2D eigenvalue weighted by Crippen LogP contribution is -2.17. The number of hydrogen-bond donors (Lipinski definition) is 2. The lowest BCUT2D eigenvalue weighted by Gasteiger charge is -2.17. The van der Waals surface area contributed by atoms with Crippen LogP contribution in [0.25, 0.3) is 0 Å². The van der Waals surface area contributed by atoms with Gasteiger partial charge in [0.25, 0.3) is 0 Å². The van der Waals surface area contributed by atoms with Gasteiger partial charge in [0, 0.05) is 16.1 Å². The van der Waals surface area contributed by atoms with E-state index < -0.39 is 5.82 Å². The van der Waals surface area contributed by atoms with E-state index >= 15 is 0 Å². The Labute approximate surface area is 91.1 Å². The predicted octanol–water partition coefficient (Wildman–Crippen LogP) is 2.95. The number of halogens is 2. The van der Waals surface area contributed by atoms with Gasteiger partial charge < -0.3 is 10.8 Å².